The van der Waals surface area contributed by atoms with E-state index in [2.05, 4.69) is 10.4 Å². The second-order valence-electron chi connectivity index (χ2n) is 6.52. The van der Waals surface area contributed by atoms with Gasteiger partial charge in [0.15, 0.2) is 0 Å². The Kier molecular flexibility index (Phi) is 6.10. The van der Waals surface area contributed by atoms with E-state index in [0.29, 0.717) is 36.1 Å². The number of halogens is 1. The zero-order valence-corrected chi connectivity index (χ0v) is 15.3. The highest BCUT2D eigenvalue weighted by atomic mass is 35.5. The van der Waals surface area contributed by atoms with Crippen molar-refractivity contribution < 1.29 is 9.53 Å². The lowest BCUT2D eigenvalue weighted by atomic mass is 10.2. The summed E-state index contributed by atoms with van der Waals surface area (Å²) in [7, 11) is 0. The van der Waals surface area contributed by atoms with Crippen LogP contribution in [0, 0.1) is 12.8 Å². The Bertz CT molecular complexity index is 711. The molecule has 0 unspecified atom stereocenters. The molecule has 1 aromatic heterocycles. The molecule has 1 amide bonds. The molecule has 0 aliphatic heterocycles. The number of hydrogen-bond donors (Lipinski definition) is 1. The van der Waals surface area contributed by atoms with Gasteiger partial charge in [-0.15, -0.1) is 0 Å². The third-order valence-corrected chi connectivity index (χ3v) is 4.65. The molecular formula is C19H24ClN3O2. The molecule has 0 bridgehead atoms. The van der Waals surface area contributed by atoms with Crippen LogP contribution >= 0.6 is 11.6 Å². The van der Waals surface area contributed by atoms with Crippen LogP contribution in [0.3, 0.4) is 0 Å². The van der Waals surface area contributed by atoms with Crippen molar-refractivity contribution in [2.45, 2.75) is 32.7 Å². The Morgan fingerprint density at radius 3 is 2.84 bits per heavy atom. The molecule has 1 aromatic carbocycles. The van der Waals surface area contributed by atoms with Crippen LogP contribution in [0.25, 0.3) is 0 Å². The van der Waals surface area contributed by atoms with Crippen molar-refractivity contribution in [2.24, 2.45) is 5.92 Å². The quantitative estimate of drug-likeness (QED) is 0.696. The number of ether oxygens (including phenoxy) is 1. The first-order valence-electron chi connectivity index (χ1n) is 8.78. The Morgan fingerprint density at radius 2 is 2.12 bits per heavy atom. The van der Waals surface area contributed by atoms with E-state index in [1.54, 1.807) is 11.6 Å². The summed E-state index contributed by atoms with van der Waals surface area (Å²) < 4.78 is 7.24. The maximum absolute atomic E-state index is 12.4. The number of carbonyl (C=O) groups excluding carboxylic acids is 1. The molecule has 1 fully saturated rings. The lowest BCUT2D eigenvalue weighted by Gasteiger charge is -2.06. The summed E-state index contributed by atoms with van der Waals surface area (Å²) in [6.07, 6.45) is 3.39. The average molecular weight is 362 g/mol. The van der Waals surface area contributed by atoms with Crippen LogP contribution in [0.5, 0.6) is 0 Å². The van der Waals surface area contributed by atoms with Gasteiger partial charge in [-0.1, -0.05) is 41.9 Å². The lowest BCUT2D eigenvalue weighted by Crippen LogP contribution is -2.26. The topological polar surface area (TPSA) is 56.2 Å². The van der Waals surface area contributed by atoms with Gasteiger partial charge in [0.1, 0.15) is 5.15 Å². The monoisotopic (exact) mass is 361 g/mol. The van der Waals surface area contributed by atoms with E-state index < -0.39 is 0 Å². The number of rotatable bonds is 9. The van der Waals surface area contributed by atoms with E-state index in [4.69, 9.17) is 16.3 Å². The van der Waals surface area contributed by atoms with E-state index in [9.17, 15) is 4.79 Å². The third kappa shape index (κ3) is 5.06. The van der Waals surface area contributed by atoms with E-state index in [0.717, 1.165) is 24.5 Å². The summed E-state index contributed by atoms with van der Waals surface area (Å²) >= 11 is 6.39. The molecule has 0 atom stereocenters. The van der Waals surface area contributed by atoms with Crippen LogP contribution in [0.2, 0.25) is 5.15 Å². The van der Waals surface area contributed by atoms with Gasteiger partial charge in [0.05, 0.1) is 17.8 Å². The van der Waals surface area contributed by atoms with Crippen LogP contribution in [-0.4, -0.2) is 35.4 Å². The molecule has 1 saturated carbocycles. The molecule has 6 heteroatoms. The molecule has 5 nitrogen and oxygen atoms in total. The SMILES string of the molecule is Cc1nn(Cc2ccccc2)c(Cl)c1C(=O)NCCCOCC1CC1. The van der Waals surface area contributed by atoms with Crippen molar-refractivity contribution in [3.05, 3.63) is 52.3 Å². The van der Waals surface area contributed by atoms with Crippen LogP contribution in [0.1, 0.15) is 40.9 Å². The summed E-state index contributed by atoms with van der Waals surface area (Å²) in [5.74, 6) is 0.593. The first-order valence-corrected chi connectivity index (χ1v) is 9.15. The average Bonchev–Trinajstić information content (AvgIpc) is 3.38. The van der Waals surface area contributed by atoms with Crippen molar-refractivity contribution in [3.63, 3.8) is 0 Å². The van der Waals surface area contributed by atoms with Crippen LogP contribution in [0.15, 0.2) is 30.3 Å². The Balaban J connectivity index is 1.51. The molecule has 3 rings (SSSR count). The number of aromatic nitrogens is 2. The maximum atomic E-state index is 12.4. The molecule has 1 N–H and O–H groups in total. The molecule has 25 heavy (non-hydrogen) atoms. The van der Waals surface area contributed by atoms with Gasteiger partial charge < -0.3 is 10.1 Å². The van der Waals surface area contributed by atoms with Crippen molar-refractivity contribution in [2.75, 3.05) is 19.8 Å². The maximum Gasteiger partial charge on any atom is 0.256 e. The minimum atomic E-state index is -0.177. The first-order chi connectivity index (χ1) is 12.1. The smallest absolute Gasteiger partial charge is 0.256 e. The molecule has 2 aromatic rings. The van der Waals surface area contributed by atoms with Gasteiger partial charge in [-0.2, -0.15) is 5.10 Å². The lowest BCUT2D eigenvalue weighted by molar-refractivity contribution is 0.0937. The van der Waals surface area contributed by atoms with Gasteiger partial charge in [0.25, 0.3) is 5.91 Å². The highest BCUT2D eigenvalue weighted by molar-refractivity contribution is 6.33. The largest absolute Gasteiger partial charge is 0.381 e. The van der Waals surface area contributed by atoms with Gasteiger partial charge in [-0.05, 0) is 37.7 Å². The molecule has 1 aliphatic rings. The van der Waals surface area contributed by atoms with Crippen LogP contribution in [0.4, 0.5) is 0 Å². The van der Waals surface area contributed by atoms with Crippen molar-refractivity contribution in [3.8, 4) is 0 Å². The summed E-state index contributed by atoms with van der Waals surface area (Å²) in [6.45, 7) is 4.45. The summed E-state index contributed by atoms with van der Waals surface area (Å²) in [5.41, 5.74) is 2.19. The van der Waals surface area contributed by atoms with Gasteiger partial charge in [-0.25, -0.2) is 4.68 Å². The van der Waals surface area contributed by atoms with Gasteiger partial charge in [-0.3, -0.25) is 4.79 Å². The predicted octanol–water partition coefficient (Wildman–Crippen LogP) is 3.44. The number of hydrogen-bond acceptors (Lipinski definition) is 3. The van der Waals surface area contributed by atoms with Gasteiger partial charge in [0, 0.05) is 19.8 Å². The molecule has 0 radical (unpaired) electrons. The van der Waals surface area contributed by atoms with E-state index in [1.807, 2.05) is 30.3 Å². The fourth-order valence-corrected chi connectivity index (χ4v) is 2.99. The van der Waals surface area contributed by atoms with E-state index >= 15 is 0 Å². The minimum absolute atomic E-state index is 0.177. The summed E-state index contributed by atoms with van der Waals surface area (Å²) in [5, 5.41) is 7.69. The third-order valence-electron chi connectivity index (χ3n) is 4.27. The Morgan fingerprint density at radius 1 is 1.36 bits per heavy atom. The van der Waals surface area contributed by atoms with E-state index in [-0.39, 0.29) is 5.91 Å². The Labute approximate surface area is 153 Å². The van der Waals surface area contributed by atoms with Gasteiger partial charge >= 0.3 is 0 Å². The zero-order chi connectivity index (χ0) is 17.6. The van der Waals surface area contributed by atoms with Crippen molar-refractivity contribution >= 4 is 17.5 Å². The fourth-order valence-electron chi connectivity index (χ4n) is 2.67. The van der Waals surface area contributed by atoms with Crippen molar-refractivity contribution in [1.29, 1.82) is 0 Å². The van der Waals surface area contributed by atoms with Gasteiger partial charge in [0.2, 0.25) is 0 Å². The first kappa shape index (κ1) is 18.0. The zero-order valence-electron chi connectivity index (χ0n) is 14.5. The number of nitrogens with one attached hydrogen (secondary N) is 1. The number of nitrogens with zero attached hydrogens (tertiary/aromatic N) is 2. The molecule has 0 spiro atoms. The highest BCUT2D eigenvalue weighted by Gasteiger charge is 2.21. The second kappa shape index (κ2) is 8.50. The van der Waals surface area contributed by atoms with Crippen LogP contribution in [-0.2, 0) is 11.3 Å². The number of amides is 1. The van der Waals surface area contributed by atoms with E-state index in [1.165, 1.54) is 12.8 Å². The minimum Gasteiger partial charge on any atom is -0.381 e. The second-order valence-corrected chi connectivity index (χ2v) is 6.88. The fraction of sp³-hybridized carbons (Fsp3) is 0.474. The van der Waals surface area contributed by atoms with Crippen LogP contribution < -0.4 is 5.32 Å². The molecule has 1 heterocycles. The molecule has 0 saturated heterocycles. The molecule has 1 aliphatic carbocycles. The highest BCUT2D eigenvalue weighted by Crippen LogP contribution is 2.28. The molecule has 134 valence electrons. The summed E-state index contributed by atoms with van der Waals surface area (Å²) in [6, 6.07) is 9.92. The standard InChI is InChI=1S/C19H24ClN3O2/c1-14-17(19(24)21-10-5-11-25-13-16-8-9-16)18(20)23(22-14)12-15-6-3-2-4-7-15/h2-4,6-7,16H,5,8-13H2,1H3,(H,21,24). The number of benzene rings is 1. The summed E-state index contributed by atoms with van der Waals surface area (Å²) in [4.78, 5) is 12.4. The van der Waals surface area contributed by atoms with Crippen molar-refractivity contribution in [1.82, 2.24) is 15.1 Å². The number of carbonyl (C=O) groups is 1. The Hall–Kier alpha value is -1.85. The number of aryl methyl sites for hydroxylation is 1. The molecular weight excluding hydrogens is 338 g/mol. The normalized spacial score (nSPS) is 13.8. The predicted molar refractivity (Wildman–Crippen MR) is 98.0 cm³/mol.